The van der Waals surface area contributed by atoms with Gasteiger partial charge in [-0.15, -0.1) is 0 Å². The highest BCUT2D eigenvalue weighted by Gasteiger charge is 2.13. The highest BCUT2D eigenvalue weighted by atomic mass is 19.1. The fourth-order valence-electron chi connectivity index (χ4n) is 2.18. The molecule has 0 atom stereocenters. The zero-order chi connectivity index (χ0) is 14.4. The van der Waals surface area contributed by atoms with Gasteiger partial charge in [0, 0.05) is 17.8 Å². The third-order valence-corrected chi connectivity index (χ3v) is 3.21. The largest absolute Gasteiger partial charge is 0.341 e. The summed E-state index contributed by atoms with van der Waals surface area (Å²) < 4.78 is 13.3. The fraction of sp³-hybridized carbons (Fsp3) is 0.235. The van der Waals surface area contributed by atoms with Gasteiger partial charge in [0.15, 0.2) is 6.29 Å². The lowest BCUT2D eigenvalue weighted by Crippen LogP contribution is -2.19. The quantitative estimate of drug-likeness (QED) is 0.717. The van der Waals surface area contributed by atoms with Crippen molar-refractivity contribution in [2.45, 2.75) is 19.8 Å². The maximum atomic E-state index is 13.3. The van der Waals surface area contributed by atoms with Gasteiger partial charge in [-0.05, 0) is 36.8 Å². The van der Waals surface area contributed by atoms with Crippen molar-refractivity contribution >= 4 is 17.7 Å². The molecule has 0 saturated carbocycles. The number of unbranched alkanes of at least 4 members (excludes halogenated alkanes) is 1. The first-order chi connectivity index (χ1) is 9.76. The summed E-state index contributed by atoms with van der Waals surface area (Å²) >= 11 is 0. The van der Waals surface area contributed by atoms with Crippen molar-refractivity contribution in [3.8, 4) is 0 Å². The predicted molar refractivity (Wildman–Crippen MR) is 80.1 cm³/mol. The molecule has 2 nitrogen and oxygen atoms in total. The Morgan fingerprint density at radius 1 is 1.15 bits per heavy atom. The number of anilines is 2. The number of aldehydes is 1. The Bertz CT molecular complexity index is 568. The van der Waals surface area contributed by atoms with E-state index in [1.165, 1.54) is 12.1 Å². The van der Waals surface area contributed by atoms with Crippen LogP contribution >= 0.6 is 0 Å². The molecule has 0 amide bonds. The number of halogens is 1. The molecule has 0 aliphatic heterocycles. The second-order valence-corrected chi connectivity index (χ2v) is 4.66. The molecule has 0 spiro atoms. The fourth-order valence-corrected chi connectivity index (χ4v) is 2.18. The van der Waals surface area contributed by atoms with Gasteiger partial charge in [-0.3, -0.25) is 4.79 Å². The van der Waals surface area contributed by atoms with E-state index in [0.717, 1.165) is 30.8 Å². The number of rotatable bonds is 6. The van der Waals surface area contributed by atoms with E-state index in [9.17, 15) is 9.18 Å². The van der Waals surface area contributed by atoms with Crippen LogP contribution in [0.1, 0.15) is 30.1 Å². The van der Waals surface area contributed by atoms with E-state index >= 15 is 0 Å². The van der Waals surface area contributed by atoms with Crippen molar-refractivity contribution in [1.82, 2.24) is 0 Å². The summed E-state index contributed by atoms with van der Waals surface area (Å²) in [5.41, 5.74) is 2.14. The SMILES string of the molecule is CCCCN(c1ccccc1)c1ccc(F)cc1C=O. The van der Waals surface area contributed by atoms with Crippen LogP contribution in [0.15, 0.2) is 48.5 Å². The average Bonchev–Trinajstić information content (AvgIpc) is 2.49. The van der Waals surface area contributed by atoms with Gasteiger partial charge in [-0.1, -0.05) is 31.5 Å². The average molecular weight is 271 g/mol. The topological polar surface area (TPSA) is 20.3 Å². The van der Waals surface area contributed by atoms with Gasteiger partial charge in [0.25, 0.3) is 0 Å². The molecule has 0 heterocycles. The molecule has 0 saturated heterocycles. The van der Waals surface area contributed by atoms with Gasteiger partial charge in [0.2, 0.25) is 0 Å². The number of para-hydroxylation sites is 1. The summed E-state index contributed by atoms with van der Waals surface area (Å²) in [5, 5.41) is 0. The van der Waals surface area contributed by atoms with Crippen LogP contribution in [0.5, 0.6) is 0 Å². The number of nitrogens with zero attached hydrogens (tertiary/aromatic N) is 1. The predicted octanol–water partition coefficient (Wildman–Crippen LogP) is 4.58. The maximum absolute atomic E-state index is 13.3. The van der Waals surface area contributed by atoms with Crippen molar-refractivity contribution in [2.24, 2.45) is 0 Å². The van der Waals surface area contributed by atoms with Crippen molar-refractivity contribution < 1.29 is 9.18 Å². The van der Waals surface area contributed by atoms with E-state index in [0.29, 0.717) is 11.8 Å². The first-order valence-corrected chi connectivity index (χ1v) is 6.83. The molecule has 0 aliphatic carbocycles. The molecule has 0 radical (unpaired) electrons. The van der Waals surface area contributed by atoms with Crippen molar-refractivity contribution in [3.63, 3.8) is 0 Å². The minimum absolute atomic E-state index is 0.380. The number of hydrogen-bond donors (Lipinski definition) is 0. The Balaban J connectivity index is 2.43. The maximum Gasteiger partial charge on any atom is 0.152 e. The van der Waals surface area contributed by atoms with E-state index in [2.05, 4.69) is 11.8 Å². The third kappa shape index (κ3) is 3.23. The molecule has 0 unspecified atom stereocenters. The minimum Gasteiger partial charge on any atom is -0.341 e. The van der Waals surface area contributed by atoms with Crippen molar-refractivity contribution in [1.29, 1.82) is 0 Å². The van der Waals surface area contributed by atoms with E-state index < -0.39 is 0 Å². The van der Waals surface area contributed by atoms with Crippen LogP contribution in [0.4, 0.5) is 15.8 Å². The van der Waals surface area contributed by atoms with Crippen LogP contribution in [-0.2, 0) is 0 Å². The number of hydrogen-bond acceptors (Lipinski definition) is 2. The number of benzene rings is 2. The van der Waals surface area contributed by atoms with Gasteiger partial charge in [0.1, 0.15) is 5.82 Å². The van der Waals surface area contributed by atoms with Crippen molar-refractivity contribution in [2.75, 3.05) is 11.4 Å². The van der Waals surface area contributed by atoms with E-state index in [1.807, 2.05) is 30.3 Å². The molecule has 104 valence electrons. The summed E-state index contributed by atoms with van der Waals surface area (Å²) in [5.74, 6) is -0.389. The van der Waals surface area contributed by atoms with Crippen LogP contribution in [-0.4, -0.2) is 12.8 Å². The molecule has 2 rings (SSSR count). The zero-order valence-corrected chi connectivity index (χ0v) is 11.6. The molecular weight excluding hydrogens is 253 g/mol. The molecule has 0 fully saturated rings. The number of carbonyl (C=O) groups is 1. The molecule has 0 aromatic heterocycles. The van der Waals surface area contributed by atoms with Crippen LogP contribution in [0.2, 0.25) is 0 Å². The Labute approximate surface area is 118 Å². The van der Waals surface area contributed by atoms with E-state index in [4.69, 9.17) is 0 Å². The van der Waals surface area contributed by atoms with E-state index in [1.54, 1.807) is 6.07 Å². The van der Waals surface area contributed by atoms with Crippen molar-refractivity contribution in [3.05, 3.63) is 59.9 Å². The monoisotopic (exact) mass is 271 g/mol. The molecule has 2 aromatic carbocycles. The second-order valence-electron chi connectivity index (χ2n) is 4.66. The normalized spacial score (nSPS) is 10.3. The summed E-state index contributed by atoms with van der Waals surface area (Å²) in [7, 11) is 0. The molecule has 0 N–H and O–H groups in total. The highest BCUT2D eigenvalue weighted by Crippen LogP contribution is 2.28. The Hall–Kier alpha value is -2.16. The molecule has 3 heteroatoms. The minimum atomic E-state index is -0.389. The lowest BCUT2D eigenvalue weighted by Gasteiger charge is -2.26. The van der Waals surface area contributed by atoms with Crippen LogP contribution in [0.3, 0.4) is 0 Å². The first kappa shape index (κ1) is 14.3. The zero-order valence-electron chi connectivity index (χ0n) is 11.6. The number of carbonyl (C=O) groups excluding carboxylic acids is 1. The summed E-state index contributed by atoms with van der Waals surface area (Å²) in [4.78, 5) is 13.3. The standard InChI is InChI=1S/C17H18FNO/c1-2-3-11-19(16-7-5-4-6-8-16)17-10-9-15(18)12-14(17)13-20/h4-10,12-13H,2-3,11H2,1H3. The Morgan fingerprint density at radius 3 is 2.55 bits per heavy atom. The molecule has 0 bridgehead atoms. The summed E-state index contributed by atoms with van der Waals surface area (Å²) in [6.45, 7) is 2.92. The highest BCUT2D eigenvalue weighted by molar-refractivity contribution is 5.86. The summed E-state index contributed by atoms with van der Waals surface area (Å²) in [6, 6.07) is 14.2. The van der Waals surface area contributed by atoms with Gasteiger partial charge in [-0.25, -0.2) is 4.39 Å². The first-order valence-electron chi connectivity index (χ1n) is 6.83. The van der Waals surface area contributed by atoms with Gasteiger partial charge >= 0.3 is 0 Å². The second kappa shape index (κ2) is 6.85. The van der Waals surface area contributed by atoms with E-state index in [-0.39, 0.29) is 5.82 Å². The molecular formula is C17H18FNO. The molecule has 2 aromatic rings. The van der Waals surface area contributed by atoms with Crippen LogP contribution in [0, 0.1) is 5.82 Å². The van der Waals surface area contributed by atoms with Crippen LogP contribution in [0.25, 0.3) is 0 Å². The summed E-state index contributed by atoms with van der Waals surface area (Å²) in [6.07, 6.45) is 2.77. The lowest BCUT2D eigenvalue weighted by molar-refractivity contribution is 0.112. The molecule has 0 aliphatic rings. The Kier molecular flexibility index (Phi) is 4.88. The Morgan fingerprint density at radius 2 is 1.90 bits per heavy atom. The van der Waals surface area contributed by atoms with Gasteiger partial charge in [0.05, 0.1) is 5.69 Å². The van der Waals surface area contributed by atoms with Gasteiger partial charge < -0.3 is 4.90 Å². The molecule has 20 heavy (non-hydrogen) atoms. The van der Waals surface area contributed by atoms with Gasteiger partial charge in [-0.2, -0.15) is 0 Å². The third-order valence-electron chi connectivity index (χ3n) is 3.21. The smallest absolute Gasteiger partial charge is 0.152 e. The van der Waals surface area contributed by atoms with Crippen LogP contribution < -0.4 is 4.90 Å². The lowest BCUT2D eigenvalue weighted by atomic mass is 10.1.